The van der Waals surface area contributed by atoms with Crippen LogP contribution in [0.3, 0.4) is 0 Å². The Bertz CT molecular complexity index is 521. The molecular weight excluding hydrogens is 262 g/mol. The van der Waals surface area contributed by atoms with Crippen LogP contribution in [0.1, 0.15) is 24.9 Å². The molecule has 21 heavy (non-hydrogen) atoms. The van der Waals surface area contributed by atoms with Gasteiger partial charge in [0.1, 0.15) is 5.75 Å². The SMILES string of the molecule is CC[C@@H](CO)[C@H](Nc1ccc(OC)cc1)c1ccccc1. The van der Waals surface area contributed by atoms with E-state index in [1.807, 2.05) is 42.5 Å². The predicted octanol–water partition coefficient (Wildman–Crippen LogP) is 3.87. The van der Waals surface area contributed by atoms with Crippen LogP contribution in [0.4, 0.5) is 5.69 Å². The summed E-state index contributed by atoms with van der Waals surface area (Å²) in [6.45, 7) is 2.27. The molecule has 0 saturated carbocycles. The van der Waals surface area contributed by atoms with Crippen LogP contribution in [0.5, 0.6) is 5.75 Å². The van der Waals surface area contributed by atoms with Gasteiger partial charge in [-0.3, -0.25) is 0 Å². The summed E-state index contributed by atoms with van der Waals surface area (Å²) in [5.74, 6) is 1.01. The minimum Gasteiger partial charge on any atom is -0.497 e. The van der Waals surface area contributed by atoms with Gasteiger partial charge in [-0.25, -0.2) is 0 Å². The average molecular weight is 285 g/mol. The topological polar surface area (TPSA) is 41.5 Å². The van der Waals surface area contributed by atoms with Crippen LogP contribution < -0.4 is 10.1 Å². The van der Waals surface area contributed by atoms with Crippen molar-refractivity contribution in [2.75, 3.05) is 19.0 Å². The van der Waals surface area contributed by atoms with E-state index in [0.717, 1.165) is 17.9 Å². The maximum atomic E-state index is 9.66. The van der Waals surface area contributed by atoms with Crippen LogP contribution in [0, 0.1) is 5.92 Å². The smallest absolute Gasteiger partial charge is 0.119 e. The van der Waals surface area contributed by atoms with Crippen molar-refractivity contribution < 1.29 is 9.84 Å². The first-order valence-electron chi connectivity index (χ1n) is 7.34. The van der Waals surface area contributed by atoms with Crippen molar-refractivity contribution in [1.29, 1.82) is 0 Å². The number of rotatable bonds is 7. The summed E-state index contributed by atoms with van der Waals surface area (Å²) >= 11 is 0. The van der Waals surface area contributed by atoms with Gasteiger partial charge in [-0.1, -0.05) is 37.3 Å². The molecule has 2 aromatic carbocycles. The van der Waals surface area contributed by atoms with E-state index in [2.05, 4.69) is 24.4 Å². The third-order valence-corrected chi connectivity index (χ3v) is 3.80. The molecule has 0 bridgehead atoms. The summed E-state index contributed by atoms with van der Waals surface area (Å²) in [7, 11) is 1.66. The molecule has 0 heterocycles. The van der Waals surface area contributed by atoms with E-state index >= 15 is 0 Å². The molecule has 0 spiro atoms. The lowest BCUT2D eigenvalue weighted by atomic mass is 9.91. The molecule has 0 amide bonds. The van der Waals surface area contributed by atoms with E-state index in [1.165, 1.54) is 5.56 Å². The highest BCUT2D eigenvalue weighted by atomic mass is 16.5. The van der Waals surface area contributed by atoms with Crippen molar-refractivity contribution in [3.05, 3.63) is 60.2 Å². The van der Waals surface area contributed by atoms with Crippen molar-refractivity contribution in [1.82, 2.24) is 0 Å². The molecule has 0 radical (unpaired) electrons. The molecule has 3 nitrogen and oxygen atoms in total. The number of benzene rings is 2. The Hall–Kier alpha value is -2.00. The molecule has 0 saturated heterocycles. The molecule has 0 aliphatic carbocycles. The maximum absolute atomic E-state index is 9.66. The fraction of sp³-hybridized carbons (Fsp3) is 0.333. The van der Waals surface area contributed by atoms with Gasteiger partial charge in [-0.15, -0.1) is 0 Å². The number of anilines is 1. The zero-order valence-corrected chi connectivity index (χ0v) is 12.6. The van der Waals surface area contributed by atoms with E-state index in [9.17, 15) is 5.11 Å². The molecule has 2 atom stereocenters. The van der Waals surface area contributed by atoms with Gasteiger partial charge < -0.3 is 15.2 Å². The summed E-state index contributed by atoms with van der Waals surface area (Å²) in [5, 5.41) is 13.2. The molecule has 0 fully saturated rings. The minimum atomic E-state index is 0.0922. The third-order valence-electron chi connectivity index (χ3n) is 3.80. The summed E-state index contributed by atoms with van der Waals surface area (Å²) in [4.78, 5) is 0. The van der Waals surface area contributed by atoms with Gasteiger partial charge in [0.05, 0.1) is 13.2 Å². The largest absolute Gasteiger partial charge is 0.497 e. The maximum Gasteiger partial charge on any atom is 0.119 e. The minimum absolute atomic E-state index is 0.0922. The fourth-order valence-electron chi connectivity index (χ4n) is 2.47. The molecular formula is C18H23NO2. The van der Waals surface area contributed by atoms with Gasteiger partial charge in [0.15, 0.2) is 0 Å². The van der Waals surface area contributed by atoms with E-state index in [0.29, 0.717) is 0 Å². The molecule has 0 aliphatic rings. The van der Waals surface area contributed by atoms with Crippen LogP contribution in [-0.2, 0) is 0 Å². The number of ether oxygens (including phenoxy) is 1. The van der Waals surface area contributed by atoms with Crippen molar-refractivity contribution in [2.24, 2.45) is 5.92 Å². The molecule has 3 heteroatoms. The first-order valence-corrected chi connectivity index (χ1v) is 7.34. The first kappa shape index (κ1) is 15.4. The van der Waals surface area contributed by atoms with E-state index < -0.39 is 0 Å². The van der Waals surface area contributed by atoms with E-state index in [4.69, 9.17) is 4.74 Å². The number of hydrogen-bond acceptors (Lipinski definition) is 3. The standard InChI is InChI=1S/C18H23NO2/c1-3-14(13-20)18(15-7-5-4-6-8-15)19-16-9-11-17(21-2)12-10-16/h4-12,14,18-20H,3,13H2,1-2H3/t14-,18-/m0/s1. The quantitative estimate of drug-likeness (QED) is 0.811. The van der Waals surface area contributed by atoms with Crippen LogP contribution in [0.25, 0.3) is 0 Å². The number of nitrogens with one attached hydrogen (secondary N) is 1. The van der Waals surface area contributed by atoms with Crippen LogP contribution in [0.2, 0.25) is 0 Å². The van der Waals surface area contributed by atoms with Crippen molar-refractivity contribution in [2.45, 2.75) is 19.4 Å². The van der Waals surface area contributed by atoms with Gasteiger partial charge in [-0.05, 0) is 36.2 Å². The number of methoxy groups -OCH3 is 1. The predicted molar refractivity (Wildman–Crippen MR) is 86.7 cm³/mol. The van der Waals surface area contributed by atoms with Gasteiger partial charge >= 0.3 is 0 Å². The molecule has 112 valence electrons. The number of aliphatic hydroxyl groups excluding tert-OH is 1. The Morgan fingerprint density at radius 3 is 2.24 bits per heavy atom. The second-order valence-electron chi connectivity index (χ2n) is 5.11. The van der Waals surface area contributed by atoms with Gasteiger partial charge in [0.25, 0.3) is 0 Å². The highest BCUT2D eigenvalue weighted by Crippen LogP contribution is 2.29. The summed E-state index contributed by atoms with van der Waals surface area (Å²) in [6.07, 6.45) is 0.916. The molecule has 0 aliphatic heterocycles. The Morgan fingerprint density at radius 1 is 1.05 bits per heavy atom. The Morgan fingerprint density at radius 2 is 1.71 bits per heavy atom. The lowest BCUT2D eigenvalue weighted by molar-refractivity contribution is 0.206. The molecule has 0 unspecified atom stereocenters. The Balaban J connectivity index is 2.22. The summed E-state index contributed by atoms with van der Waals surface area (Å²) < 4.78 is 5.18. The van der Waals surface area contributed by atoms with Crippen molar-refractivity contribution in [3.63, 3.8) is 0 Å². The third kappa shape index (κ3) is 3.99. The van der Waals surface area contributed by atoms with Crippen LogP contribution >= 0.6 is 0 Å². The van der Waals surface area contributed by atoms with Crippen LogP contribution in [-0.4, -0.2) is 18.8 Å². The fourth-order valence-corrected chi connectivity index (χ4v) is 2.47. The Labute approximate surface area is 126 Å². The second-order valence-corrected chi connectivity index (χ2v) is 5.11. The Kier molecular flexibility index (Phi) is 5.64. The van der Waals surface area contributed by atoms with Gasteiger partial charge in [0, 0.05) is 18.2 Å². The van der Waals surface area contributed by atoms with E-state index in [1.54, 1.807) is 7.11 Å². The van der Waals surface area contributed by atoms with Crippen molar-refractivity contribution >= 4 is 5.69 Å². The highest BCUT2D eigenvalue weighted by Gasteiger charge is 2.21. The average Bonchev–Trinajstić information content (AvgIpc) is 2.56. The normalized spacial score (nSPS) is 13.5. The zero-order chi connectivity index (χ0) is 15.1. The van der Waals surface area contributed by atoms with Crippen molar-refractivity contribution in [3.8, 4) is 5.75 Å². The monoisotopic (exact) mass is 285 g/mol. The summed E-state index contributed by atoms with van der Waals surface area (Å²) in [6, 6.07) is 18.2. The zero-order valence-electron chi connectivity index (χ0n) is 12.6. The number of aliphatic hydroxyl groups is 1. The lowest BCUT2D eigenvalue weighted by Crippen LogP contribution is -2.23. The van der Waals surface area contributed by atoms with Gasteiger partial charge in [-0.2, -0.15) is 0 Å². The lowest BCUT2D eigenvalue weighted by Gasteiger charge is -2.27. The van der Waals surface area contributed by atoms with E-state index in [-0.39, 0.29) is 18.6 Å². The second kappa shape index (κ2) is 7.70. The summed E-state index contributed by atoms with van der Waals surface area (Å²) in [5.41, 5.74) is 2.21. The van der Waals surface area contributed by atoms with Gasteiger partial charge in [0.2, 0.25) is 0 Å². The highest BCUT2D eigenvalue weighted by molar-refractivity contribution is 5.48. The number of hydrogen-bond donors (Lipinski definition) is 2. The molecule has 2 rings (SSSR count). The molecule has 2 aromatic rings. The first-order chi connectivity index (χ1) is 10.3. The van der Waals surface area contributed by atoms with Crippen LogP contribution in [0.15, 0.2) is 54.6 Å². The molecule has 2 N–H and O–H groups in total. The molecule has 0 aromatic heterocycles.